The summed E-state index contributed by atoms with van der Waals surface area (Å²) in [5, 5.41) is 4.08. The van der Waals surface area contributed by atoms with E-state index in [0.717, 1.165) is 25.9 Å². The van der Waals surface area contributed by atoms with Crippen LogP contribution in [0.2, 0.25) is 0 Å². The Morgan fingerprint density at radius 1 is 1.38 bits per heavy atom. The maximum atomic E-state index is 12.5. The molecule has 0 bridgehead atoms. The van der Waals surface area contributed by atoms with Gasteiger partial charge in [0.25, 0.3) is 5.91 Å². The number of piperidine rings is 1. The molecule has 0 radical (unpaired) electrons. The zero-order valence-corrected chi connectivity index (χ0v) is 12.3. The van der Waals surface area contributed by atoms with Crippen LogP contribution < -0.4 is 0 Å². The summed E-state index contributed by atoms with van der Waals surface area (Å²) >= 11 is 0. The topological polar surface area (TPSA) is 51.0 Å². The third-order valence-corrected chi connectivity index (χ3v) is 4.09. The average Bonchev–Trinajstić information content (AvgIpc) is 2.94. The van der Waals surface area contributed by atoms with Gasteiger partial charge in [-0.15, -0.1) is 0 Å². The first-order valence-electron chi connectivity index (χ1n) is 7.40. The van der Waals surface area contributed by atoms with E-state index in [2.05, 4.69) is 16.1 Å². The number of aromatic nitrogens is 3. The van der Waals surface area contributed by atoms with Crippen LogP contribution in [0.5, 0.6) is 0 Å². The number of carbonyl (C=O) groups is 1. The minimum atomic E-state index is 0.0888. The van der Waals surface area contributed by atoms with Gasteiger partial charge in [0.1, 0.15) is 5.69 Å². The van der Waals surface area contributed by atoms with Crippen molar-refractivity contribution in [1.82, 2.24) is 19.7 Å². The van der Waals surface area contributed by atoms with Crippen LogP contribution in [-0.4, -0.2) is 38.7 Å². The van der Waals surface area contributed by atoms with Crippen molar-refractivity contribution in [2.75, 3.05) is 13.1 Å². The summed E-state index contributed by atoms with van der Waals surface area (Å²) in [6.07, 6.45) is 8.61. The van der Waals surface area contributed by atoms with Gasteiger partial charge in [-0.2, -0.15) is 5.10 Å². The van der Waals surface area contributed by atoms with Gasteiger partial charge in [-0.25, -0.2) is 0 Å². The van der Waals surface area contributed by atoms with E-state index >= 15 is 0 Å². The predicted molar refractivity (Wildman–Crippen MR) is 79.8 cm³/mol. The second kappa shape index (κ2) is 6.08. The number of hydrogen-bond acceptors (Lipinski definition) is 3. The van der Waals surface area contributed by atoms with Gasteiger partial charge in [0, 0.05) is 38.7 Å². The monoisotopic (exact) mass is 284 g/mol. The fourth-order valence-electron chi connectivity index (χ4n) is 3.01. The molecule has 1 aliphatic rings. The van der Waals surface area contributed by atoms with E-state index in [4.69, 9.17) is 0 Å². The lowest BCUT2D eigenvalue weighted by atomic mass is 9.92. The van der Waals surface area contributed by atoms with Crippen LogP contribution in [0.4, 0.5) is 0 Å². The largest absolute Gasteiger partial charge is 0.337 e. The first-order valence-corrected chi connectivity index (χ1v) is 7.40. The van der Waals surface area contributed by atoms with Crippen molar-refractivity contribution in [3.05, 3.63) is 48.0 Å². The molecule has 0 saturated carbocycles. The molecule has 1 atom stereocenters. The predicted octanol–water partition coefficient (Wildman–Crippen LogP) is 1.91. The molecule has 3 heterocycles. The summed E-state index contributed by atoms with van der Waals surface area (Å²) in [6, 6.07) is 5.86. The molecule has 5 heteroatoms. The van der Waals surface area contributed by atoms with E-state index in [-0.39, 0.29) is 5.91 Å². The normalized spacial score (nSPS) is 18.7. The standard InChI is InChI=1S/C16H20N4O/c1-19-15(6-8-18-19)16(21)20-9-3-5-14(12-20)10-13-4-2-7-17-11-13/h2,4,6-8,11,14H,3,5,9-10,12H2,1H3. The molecule has 110 valence electrons. The minimum absolute atomic E-state index is 0.0888. The summed E-state index contributed by atoms with van der Waals surface area (Å²) in [7, 11) is 1.81. The Kier molecular flexibility index (Phi) is 3.99. The molecule has 21 heavy (non-hydrogen) atoms. The van der Waals surface area contributed by atoms with Crippen molar-refractivity contribution in [2.45, 2.75) is 19.3 Å². The Balaban J connectivity index is 1.66. The quantitative estimate of drug-likeness (QED) is 0.865. The molecule has 3 rings (SSSR count). The first kappa shape index (κ1) is 13.8. The summed E-state index contributed by atoms with van der Waals surface area (Å²) in [4.78, 5) is 18.7. The lowest BCUT2D eigenvalue weighted by Gasteiger charge is -2.32. The maximum absolute atomic E-state index is 12.5. The van der Waals surface area contributed by atoms with Crippen LogP contribution in [0, 0.1) is 5.92 Å². The van der Waals surface area contributed by atoms with E-state index in [1.165, 1.54) is 12.0 Å². The minimum Gasteiger partial charge on any atom is -0.337 e. The fourth-order valence-corrected chi connectivity index (χ4v) is 3.01. The van der Waals surface area contributed by atoms with E-state index in [9.17, 15) is 4.79 Å². The molecule has 1 aliphatic heterocycles. The number of nitrogens with zero attached hydrogens (tertiary/aromatic N) is 4. The highest BCUT2D eigenvalue weighted by molar-refractivity contribution is 5.92. The third kappa shape index (κ3) is 3.12. The van der Waals surface area contributed by atoms with Crippen LogP contribution in [0.1, 0.15) is 28.9 Å². The highest BCUT2D eigenvalue weighted by atomic mass is 16.2. The summed E-state index contributed by atoms with van der Waals surface area (Å²) < 4.78 is 1.65. The molecular weight excluding hydrogens is 264 g/mol. The van der Waals surface area contributed by atoms with E-state index in [1.807, 2.05) is 24.2 Å². The highest BCUT2D eigenvalue weighted by Crippen LogP contribution is 2.21. The van der Waals surface area contributed by atoms with Crippen molar-refractivity contribution >= 4 is 5.91 Å². The molecule has 0 N–H and O–H groups in total. The number of aryl methyl sites for hydroxylation is 1. The Hall–Kier alpha value is -2.17. The molecule has 2 aromatic rings. The molecule has 0 aromatic carbocycles. The van der Waals surface area contributed by atoms with Gasteiger partial charge in [-0.3, -0.25) is 14.5 Å². The molecule has 0 aliphatic carbocycles. The van der Waals surface area contributed by atoms with E-state index in [1.54, 1.807) is 23.1 Å². The smallest absolute Gasteiger partial charge is 0.272 e. The van der Waals surface area contributed by atoms with Gasteiger partial charge in [-0.1, -0.05) is 6.07 Å². The molecule has 2 aromatic heterocycles. The van der Waals surface area contributed by atoms with Gasteiger partial charge in [-0.05, 0) is 42.9 Å². The van der Waals surface area contributed by atoms with Gasteiger partial charge in [0.05, 0.1) is 0 Å². The molecule has 1 amide bonds. The SMILES string of the molecule is Cn1nccc1C(=O)N1CCCC(Cc2cccnc2)C1. The first-order chi connectivity index (χ1) is 10.2. The Labute approximate surface area is 124 Å². The van der Waals surface area contributed by atoms with Gasteiger partial charge < -0.3 is 4.90 Å². The number of hydrogen-bond donors (Lipinski definition) is 0. The van der Waals surface area contributed by atoms with Crippen molar-refractivity contribution < 1.29 is 4.79 Å². The zero-order valence-electron chi connectivity index (χ0n) is 12.3. The number of rotatable bonds is 3. The lowest BCUT2D eigenvalue weighted by Crippen LogP contribution is -2.41. The van der Waals surface area contributed by atoms with Gasteiger partial charge >= 0.3 is 0 Å². The average molecular weight is 284 g/mol. The third-order valence-electron chi connectivity index (χ3n) is 4.09. The Morgan fingerprint density at radius 2 is 2.29 bits per heavy atom. The van der Waals surface area contributed by atoms with Crippen molar-refractivity contribution in [2.24, 2.45) is 13.0 Å². The molecule has 5 nitrogen and oxygen atoms in total. The highest BCUT2D eigenvalue weighted by Gasteiger charge is 2.25. The summed E-state index contributed by atoms with van der Waals surface area (Å²) in [5.41, 5.74) is 1.91. The van der Waals surface area contributed by atoms with Crippen LogP contribution in [0.25, 0.3) is 0 Å². The van der Waals surface area contributed by atoms with Crippen LogP contribution >= 0.6 is 0 Å². The molecule has 1 fully saturated rings. The maximum Gasteiger partial charge on any atom is 0.272 e. The Bertz CT molecular complexity index is 608. The fraction of sp³-hybridized carbons (Fsp3) is 0.438. The summed E-state index contributed by atoms with van der Waals surface area (Å²) in [5.74, 6) is 0.603. The van der Waals surface area contributed by atoms with Crippen LogP contribution in [0.3, 0.4) is 0 Å². The Morgan fingerprint density at radius 3 is 3.00 bits per heavy atom. The van der Waals surface area contributed by atoms with Gasteiger partial charge in [0.15, 0.2) is 0 Å². The number of amides is 1. The second-order valence-electron chi connectivity index (χ2n) is 5.66. The second-order valence-corrected chi connectivity index (χ2v) is 5.66. The van der Waals surface area contributed by atoms with Crippen molar-refractivity contribution in [1.29, 1.82) is 0 Å². The van der Waals surface area contributed by atoms with Crippen molar-refractivity contribution in [3.8, 4) is 0 Å². The summed E-state index contributed by atoms with van der Waals surface area (Å²) in [6.45, 7) is 1.66. The molecule has 0 spiro atoms. The zero-order chi connectivity index (χ0) is 14.7. The van der Waals surface area contributed by atoms with E-state index < -0.39 is 0 Å². The van der Waals surface area contributed by atoms with Crippen LogP contribution in [-0.2, 0) is 13.5 Å². The molecular formula is C16H20N4O. The molecule has 1 unspecified atom stereocenters. The van der Waals surface area contributed by atoms with Crippen molar-refractivity contribution in [3.63, 3.8) is 0 Å². The molecule has 1 saturated heterocycles. The lowest BCUT2D eigenvalue weighted by molar-refractivity contribution is 0.0662. The number of pyridine rings is 1. The van der Waals surface area contributed by atoms with Crippen LogP contribution in [0.15, 0.2) is 36.8 Å². The number of carbonyl (C=O) groups excluding carboxylic acids is 1. The van der Waals surface area contributed by atoms with Gasteiger partial charge in [0.2, 0.25) is 0 Å². The van der Waals surface area contributed by atoms with E-state index in [0.29, 0.717) is 11.6 Å². The number of likely N-dealkylation sites (tertiary alicyclic amines) is 1.